The van der Waals surface area contributed by atoms with E-state index in [1.807, 2.05) is 13.8 Å². The SMILES string of the molecule is CCC1(CC)Oc2ccc(O)cc2N(CCN)C1=O. The average Bonchev–Trinajstić information content (AvgIpc) is 2.42. The number of nitrogens with two attached hydrogens (primary N) is 1. The molecule has 1 aliphatic heterocycles. The number of amides is 1. The number of aromatic hydroxyl groups is 1. The molecule has 104 valence electrons. The van der Waals surface area contributed by atoms with Crippen LogP contribution in [0.4, 0.5) is 5.69 Å². The Hall–Kier alpha value is -1.75. The summed E-state index contributed by atoms with van der Waals surface area (Å²) in [5.74, 6) is 0.647. The Kier molecular flexibility index (Phi) is 3.66. The van der Waals surface area contributed by atoms with Crippen molar-refractivity contribution in [2.45, 2.75) is 32.3 Å². The quantitative estimate of drug-likeness (QED) is 0.866. The van der Waals surface area contributed by atoms with E-state index in [1.165, 1.54) is 6.07 Å². The van der Waals surface area contributed by atoms with Crippen LogP contribution >= 0.6 is 0 Å². The zero-order chi connectivity index (χ0) is 14.0. The summed E-state index contributed by atoms with van der Waals surface area (Å²) in [6.45, 7) is 4.66. The van der Waals surface area contributed by atoms with Gasteiger partial charge >= 0.3 is 0 Å². The molecule has 0 spiro atoms. The molecule has 1 heterocycles. The fourth-order valence-electron chi connectivity index (χ4n) is 2.46. The molecule has 5 nitrogen and oxygen atoms in total. The van der Waals surface area contributed by atoms with Crippen molar-refractivity contribution in [2.75, 3.05) is 18.0 Å². The molecule has 3 N–H and O–H groups in total. The van der Waals surface area contributed by atoms with Crippen LogP contribution in [0.3, 0.4) is 0 Å². The molecule has 0 bridgehead atoms. The van der Waals surface area contributed by atoms with E-state index in [4.69, 9.17) is 10.5 Å². The lowest BCUT2D eigenvalue weighted by Gasteiger charge is -2.41. The van der Waals surface area contributed by atoms with Crippen LogP contribution in [0.1, 0.15) is 26.7 Å². The van der Waals surface area contributed by atoms with E-state index in [-0.39, 0.29) is 11.7 Å². The maximum atomic E-state index is 12.6. The summed E-state index contributed by atoms with van der Waals surface area (Å²) < 4.78 is 5.92. The van der Waals surface area contributed by atoms with Crippen LogP contribution < -0.4 is 15.4 Å². The number of rotatable bonds is 4. The highest BCUT2D eigenvalue weighted by Crippen LogP contribution is 2.41. The van der Waals surface area contributed by atoms with Crippen LogP contribution in [0.25, 0.3) is 0 Å². The van der Waals surface area contributed by atoms with Crippen molar-refractivity contribution >= 4 is 11.6 Å². The first-order valence-corrected chi connectivity index (χ1v) is 6.62. The number of ether oxygens (including phenoxy) is 1. The topological polar surface area (TPSA) is 75.8 Å². The zero-order valence-electron chi connectivity index (χ0n) is 11.3. The van der Waals surface area contributed by atoms with Gasteiger partial charge < -0.3 is 20.5 Å². The molecular formula is C14H20N2O3. The van der Waals surface area contributed by atoms with Crippen molar-refractivity contribution in [1.29, 1.82) is 0 Å². The Morgan fingerprint density at radius 1 is 1.37 bits per heavy atom. The van der Waals surface area contributed by atoms with E-state index >= 15 is 0 Å². The number of phenolic OH excluding ortho intramolecular Hbond substituents is 1. The van der Waals surface area contributed by atoms with E-state index in [0.29, 0.717) is 37.4 Å². The van der Waals surface area contributed by atoms with E-state index < -0.39 is 5.60 Å². The summed E-state index contributed by atoms with van der Waals surface area (Å²) in [6, 6.07) is 4.80. The molecule has 0 aromatic heterocycles. The Bertz CT molecular complexity index is 484. The number of benzene rings is 1. The molecule has 0 saturated carbocycles. The summed E-state index contributed by atoms with van der Waals surface area (Å²) in [4.78, 5) is 14.3. The maximum absolute atomic E-state index is 12.6. The number of nitrogens with zero attached hydrogens (tertiary/aromatic N) is 1. The van der Waals surface area contributed by atoms with Crippen molar-refractivity contribution < 1.29 is 14.6 Å². The standard InChI is InChI=1S/C14H20N2O3/c1-3-14(4-2)13(18)16(8-7-15)11-9-10(17)5-6-12(11)19-14/h5-6,9,17H,3-4,7-8,15H2,1-2H3. The van der Waals surface area contributed by atoms with Crippen LogP contribution in [0.5, 0.6) is 11.5 Å². The van der Waals surface area contributed by atoms with Crippen molar-refractivity contribution in [3.8, 4) is 11.5 Å². The summed E-state index contributed by atoms with van der Waals surface area (Å²) >= 11 is 0. The molecular weight excluding hydrogens is 244 g/mol. The molecule has 1 aromatic rings. The molecule has 1 aliphatic rings. The molecule has 0 aliphatic carbocycles. The van der Waals surface area contributed by atoms with Gasteiger partial charge in [0, 0.05) is 19.2 Å². The van der Waals surface area contributed by atoms with Crippen molar-refractivity contribution in [3.63, 3.8) is 0 Å². The fourth-order valence-corrected chi connectivity index (χ4v) is 2.46. The lowest BCUT2D eigenvalue weighted by molar-refractivity contribution is -0.136. The number of phenols is 1. The second-order valence-electron chi connectivity index (χ2n) is 4.70. The largest absolute Gasteiger partial charge is 0.508 e. The van der Waals surface area contributed by atoms with Crippen LogP contribution in [0.15, 0.2) is 18.2 Å². The first-order valence-electron chi connectivity index (χ1n) is 6.62. The van der Waals surface area contributed by atoms with Crippen LogP contribution in [0.2, 0.25) is 0 Å². The van der Waals surface area contributed by atoms with Gasteiger partial charge in [-0.25, -0.2) is 0 Å². The van der Waals surface area contributed by atoms with E-state index in [9.17, 15) is 9.90 Å². The summed E-state index contributed by atoms with van der Waals surface area (Å²) in [7, 11) is 0. The van der Waals surface area contributed by atoms with E-state index in [1.54, 1.807) is 17.0 Å². The highest BCUT2D eigenvalue weighted by atomic mass is 16.5. The average molecular weight is 264 g/mol. The zero-order valence-corrected chi connectivity index (χ0v) is 11.3. The lowest BCUT2D eigenvalue weighted by atomic mass is 9.92. The summed E-state index contributed by atoms with van der Waals surface area (Å²) in [6.07, 6.45) is 1.20. The Morgan fingerprint density at radius 3 is 2.63 bits per heavy atom. The van der Waals surface area contributed by atoms with Gasteiger partial charge in [0.25, 0.3) is 5.91 Å². The fraction of sp³-hybridized carbons (Fsp3) is 0.500. The van der Waals surface area contributed by atoms with Crippen LogP contribution in [0, 0.1) is 0 Å². The molecule has 0 radical (unpaired) electrons. The summed E-state index contributed by atoms with van der Waals surface area (Å²) in [5.41, 5.74) is 5.36. The molecule has 0 saturated heterocycles. The van der Waals surface area contributed by atoms with Crippen molar-refractivity contribution in [2.24, 2.45) is 5.73 Å². The molecule has 5 heteroatoms. The van der Waals surface area contributed by atoms with E-state index in [0.717, 1.165) is 0 Å². The number of hydrogen-bond donors (Lipinski definition) is 2. The van der Waals surface area contributed by atoms with Gasteiger partial charge in [0.05, 0.1) is 5.69 Å². The van der Waals surface area contributed by atoms with Gasteiger partial charge in [-0.05, 0) is 25.0 Å². The third-order valence-corrected chi connectivity index (χ3v) is 3.67. The Morgan fingerprint density at radius 2 is 2.05 bits per heavy atom. The highest BCUT2D eigenvalue weighted by molar-refractivity contribution is 6.03. The highest BCUT2D eigenvalue weighted by Gasteiger charge is 2.45. The van der Waals surface area contributed by atoms with Gasteiger partial charge in [0.1, 0.15) is 11.5 Å². The van der Waals surface area contributed by atoms with Crippen molar-refractivity contribution in [3.05, 3.63) is 18.2 Å². The minimum Gasteiger partial charge on any atom is -0.508 e. The van der Waals surface area contributed by atoms with Crippen LogP contribution in [-0.4, -0.2) is 29.7 Å². The van der Waals surface area contributed by atoms with Gasteiger partial charge in [0.2, 0.25) is 0 Å². The molecule has 2 rings (SSSR count). The van der Waals surface area contributed by atoms with Gasteiger partial charge in [-0.15, -0.1) is 0 Å². The number of carbonyl (C=O) groups is 1. The molecule has 1 amide bonds. The number of fused-ring (bicyclic) bond motifs is 1. The van der Waals surface area contributed by atoms with Gasteiger partial charge in [-0.3, -0.25) is 4.79 Å². The minimum atomic E-state index is -0.820. The lowest BCUT2D eigenvalue weighted by Crippen LogP contribution is -2.56. The summed E-state index contributed by atoms with van der Waals surface area (Å²) in [5, 5.41) is 9.58. The first-order chi connectivity index (χ1) is 9.07. The monoisotopic (exact) mass is 264 g/mol. The molecule has 19 heavy (non-hydrogen) atoms. The number of anilines is 1. The Labute approximate surface area is 113 Å². The minimum absolute atomic E-state index is 0.0824. The Balaban J connectivity index is 2.52. The number of carbonyl (C=O) groups excluding carboxylic acids is 1. The molecule has 0 fully saturated rings. The van der Waals surface area contributed by atoms with Crippen molar-refractivity contribution in [1.82, 2.24) is 0 Å². The predicted octanol–water partition coefficient (Wildman–Crippen LogP) is 1.64. The van der Waals surface area contributed by atoms with Gasteiger partial charge in [-0.1, -0.05) is 13.8 Å². The molecule has 0 atom stereocenters. The predicted molar refractivity (Wildman–Crippen MR) is 73.5 cm³/mol. The van der Waals surface area contributed by atoms with Crippen LogP contribution in [-0.2, 0) is 4.79 Å². The second-order valence-corrected chi connectivity index (χ2v) is 4.70. The third-order valence-electron chi connectivity index (χ3n) is 3.67. The normalized spacial score (nSPS) is 17.0. The first kappa shape index (κ1) is 13.7. The number of hydrogen-bond acceptors (Lipinski definition) is 4. The molecule has 1 aromatic carbocycles. The third kappa shape index (κ3) is 2.14. The van der Waals surface area contributed by atoms with Gasteiger partial charge in [-0.2, -0.15) is 0 Å². The maximum Gasteiger partial charge on any atom is 0.271 e. The van der Waals surface area contributed by atoms with Gasteiger partial charge in [0.15, 0.2) is 5.60 Å². The second kappa shape index (κ2) is 5.09. The smallest absolute Gasteiger partial charge is 0.271 e. The van der Waals surface area contributed by atoms with E-state index in [2.05, 4.69) is 0 Å². The molecule has 0 unspecified atom stereocenters.